The molecule has 1 aromatic rings. The molecule has 1 saturated carbocycles. The van der Waals surface area contributed by atoms with Crippen LogP contribution in [0.25, 0.3) is 0 Å². The van der Waals surface area contributed by atoms with Gasteiger partial charge in [-0.25, -0.2) is 0 Å². The highest BCUT2D eigenvalue weighted by Crippen LogP contribution is 2.38. The van der Waals surface area contributed by atoms with Crippen molar-refractivity contribution in [1.29, 1.82) is 0 Å². The Labute approximate surface area is 91.1 Å². The zero-order valence-electron chi connectivity index (χ0n) is 9.51. The van der Waals surface area contributed by atoms with Crippen LogP contribution < -0.4 is 5.73 Å². The van der Waals surface area contributed by atoms with Crippen LogP contribution in [0.4, 0.5) is 0 Å². The molecule has 1 aliphatic rings. The van der Waals surface area contributed by atoms with Crippen molar-refractivity contribution in [2.24, 2.45) is 5.73 Å². The number of phenolic OH excluding ortho intramolecular Hbond substituents is 1. The normalized spacial score (nSPS) is 17.8. The largest absolute Gasteiger partial charge is 0.508 e. The van der Waals surface area contributed by atoms with E-state index in [1.54, 1.807) is 6.07 Å². The number of nitrogens with two attached hydrogens (primary N) is 1. The molecule has 0 aliphatic heterocycles. The summed E-state index contributed by atoms with van der Waals surface area (Å²) < 4.78 is 0. The van der Waals surface area contributed by atoms with E-state index in [0.29, 0.717) is 5.75 Å². The van der Waals surface area contributed by atoms with Crippen molar-refractivity contribution in [1.82, 2.24) is 0 Å². The van der Waals surface area contributed by atoms with Crippen molar-refractivity contribution in [3.8, 4) is 5.75 Å². The number of hydrogen-bond acceptors (Lipinski definition) is 2. The third-order valence-corrected chi connectivity index (χ3v) is 3.61. The molecule has 0 atom stereocenters. The molecular weight excluding hydrogens is 186 g/mol. The predicted molar refractivity (Wildman–Crippen MR) is 62.1 cm³/mol. The highest BCUT2D eigenvalue weighted by atomic mass is 16.3. The van der Waals surface area contributed by atoms with Crippen LogP contribution in [-0.4, -0.2) is 10.6 Å². The number of aromatic hydroxyl groups is 1. The van der Waals surface area contributed by atoms with Crippen LogP contribution in [0.3, 0.4) is 0 Å². The molecule has 0 spiro atoms. The second-order valence-corrected chi connectivity index (χ2v) is 4.87. The molecule has 82 valence electrons. The maximum absolute atomic E-state index is 9.79. The first-order valence-corrected chi connectivity index (χ1v) is 5.59. The van der Waals surface area contributed by atoms with E-state index in [2.05, 4.69) is 13.8 Å². The lowest BCUT2D eigenvalue weighted by Crippen LogP contribution is -2.22. The summed E-state index contributed by atoms with van der Waals surface area (Å²) in [7, 11) is 0. The third kappa shape index (κ3) is 2.15. The lowest BCUT2D eigenvalue weighted by Gasteiger charge is -2.13. The van der Waals surface area contributed by atoms with E-state index in [1.807, 2.05) is 6.07 Å². The number of rotatable bonds is 3. The Morgan fingerprint density at radius 1 is 1.33 bits per heavy atom. The zero-order chi connectivity index (χ0) is 11.1. The lowest BCUT2D eigenvalue weighted by atomic mass is 9.96. The van der Waals surface area contributed by atoms with Gasteiger partial charge in [-0.1, -0.05) is 6.07 Å². The van der Waals surface area contributed by atoms with Crippen LogP contribution in [-0.2, 0) is 6.42 Å². The van der Waals surface area contributed by atoms with E-state index in [1.165, 1.54) is 11.1 Å². The number of aryl methyl sites for hydroxylation is 1. The molecule has 2 heteroatoms. The highest BCUT2D eigenvalue weighted by Gasteiger charge is 2.37. The van der Waals surface area contributed by atoms with E-state index in [9.17, 15) is 5.11 Å². The topological polar surface area (TPSA) is 46.2 Å². The Kier molecular flexibility index (Phi) is 2.47. The minimum atomic E-state index is 0.0720. The minimum Gasteiger partial charge on any atom is -0.508 e. The molecule has 0 bridgehead atoms. The molecule has 1 aromatic carbocycles. The lowest BCUT2D eigenvalue weighted by molar-refractivity contribution is 0.463. The molecule has 0 radical (unpaired) electrons. The average molecular weight is 205 g/mol. The first kappa shape index (κ1) is 10.5. The van der Waals surface area contributed by atoms with Crippen LogP contribution >= 0.6 is 0 Å². The maximum Gasteiger partial charge on any atom is 0.119 e. The van der Waals surface area contributed by atoms with Crippen molar-refractivity contribution < 1.29 is 5.11 Å². The van der Waals surface area contributed by atoms with Gasteiger partial charge in [-0.05, 0) is 62.3 Å². The van der Waals surface area contributed by atoms with Crippen molar-refractivity contribution in [2.75, 3.05) is 0 Å². The van der Waals surface area contributed by atoms with E-state index in [0.717, 1.165) is 31.2 Å². The molecule has 0 aromatic heterocycles. The van der Waals surface area contributed by atoms with Crippen molar-refractivity contribution >= 4 is 0 Å². The Balaban J connectivity index is 2.16. The van der Waals surface area contributed by atoms with E-state index in [-0.39, 0.29) is 5.54 Å². The standard InChI is InChI=1S/C13H19NO/c1-9-3-4-12(15)11(10(9)2)5-6-13(14)7-8-13/h3-4,15H,5-8,14H2,1-2H3. The summed E-state index contributed by atoms with van der Waals surface area (Å²) in [5.41, 5.74) is 9.65. The molecule has 1 aliphatic carbocycles. The molecule has 3 N–H and O–H groups in total. The molecule has 2 nitrogen and oxygen atoms in total. The van der Waals surface area contributed by atoms with Gasteiger partial charge >= 0.3 is 0 Å². The SMILES string of the molecule is Cc1ccc(O)c(CCC2(N)CC2)c1C. The van der Waals surface area contributed by atoms with Gasteiger partial charge in [0.15, 0.2) is 0 Å². The quantitative estimate of drug-likeness (QED) is 0.796. The molecule has 0 heterocycles. The number of phenols is 1. The predicted octanol–water partition coefficient (Wildman–Crippen LogP) is 2.43. The third-order valence-electron chi connectivity index (χ3n) is 3.61. The Morgan fingerprint density at radius 3 is 2.60 bits per heavy atom. The van der Waals surface area contributed by atoms with E-state index < -0.39 is 0 Å². The van der Waals surface area contributed by atoms with Crippen LogP contribution in [0, 0.1) is 13.8 Å². The van der Waals surface area contributed by atoms with E-state index >= 15 is 0 Å². The Morgan fingerprint density at radius 2 is 2.00 bits per heavy atom. The van der Waals surface area contributed by atoms with Crippen LogP contribution in [0.2, 0.25) is 0 Å². The summed E-state index contributed by atoms with van der Waals surface area (Å²) in [6.07, 6.45) is 4.16. The second-order valence-electron chi connectivity index (χ2n) is 4.87. The van der Waals surface area contributed by atoms with Crippen molar-refractivity contribution in [3.63, 3.8) is 0 Å². The minimum absolute atomic E-state index is 0.0720. The molecular formula is C13H19NO. The van der Waals surface area contributed by atoms with Crippen LogP contribution in [0.5, 0.6) is 5.75 Å². The Hall–Kier alpha value is -1.02. The highest BCUT2D eigenvalue weighted by molar-refractivity contribution is 5.43. The monoisotopic (exact) mass is 205 g/mol. The molecule has 2 rings (SSSR count). The zero-order valence-corrected chi connectivity index (χ0v) is 9.51. The first-order chi connectivity index (χ1) is 7.02. The van der Waals surface area contributed by atoms with Gasteiger partial charge in [-0.3, -0.25) is 0 Å². The number of hydrogen-bond donors (Lipinski definition) is 2. The Bertz CT molecular complexity index is 380. The van der Waals surface area contributed by atoms with Crippen LogP contribution in [0.15, 0.2) is 12.1 Å². The number of benzene rings is 1. The molecule has 0 unspecified atom stereocenters. The van der Waals surface area contributed by atoms with Crippen molar-refractivity contribution in [2.45, 2.75) is 45.1 Å². The fourth-order valence-electron chi connectivity index (χ4n) is 1.96. The van der Waals surface area contributed by atoms with E-state index in [4.69, 9.17) is 5.73 Å². The van der Waals surface area contributed by atoms with Gasteiger partial charge < -0.3 is 10.8 Å². The molecule has 1 fully saturated rings. The fourth-order valence-corrected chi connectivity index (χ4v) is 1.96. The van der Waals surface area contributed by atoms with Gasteiger partial charge in [0.25, 0.3) is 0 Å². The summed E-state index contributed by atoms with van der Waals surface area (Å²) in [5, 5.41) is 9.79. The van der Waals surface area contributed by atoms with Crippen LogP contribution in [0.1, 0.15) is 36.0 Å². The summed E-state index contributed by atoms with van der Waals surface area (Å²) in [6, 6.07) is 3.75. The molecule has 0 saturated heterocycles. The fraction of sp³-hybridized carbons (Fsp3) is 0.538. The first-order valence-electron chi connectivity index (χ1n) is 5.59. The van der Waals surface area contributed by atoms with Gasteiger partial charge in [0.2, 0.25) is 0 Å². The van der Waals surface area contributed by atoms with Gasteiger partial charge in [0, 0.05) is 5.54 Å². The summed E-state index contributed by atoms with van der Waals surface area (Å²) in [4.78, 5) is 0. The summed E-state index contributed by atoms with van der Waals surface area (Å²) >= 11 is 0. The molecule has 15 heavy (non-hydrogen) atoms. The summed E-state index contributed by atoms with van der Waals surface area (Å²) in [5.74, 6) is 0.419. The second kappa shape index (κ2) is 3.53. The smallest absolute Gasteiger partial charge is 0.119 e. The van der Waals surface area contributed by atoms with Gasteiger partial charge in [-0.15, -0.1) is 0 Å². The average Bonchev–Trinajstić information content (AvgIpc) is 2.91. The van der Waals surface area contributed by atoms with Gasteiger partial charge in [0.1, 0.15) is 5.75 Å². The maximum atomic E-state index is 9.79. The molecule has 0 amide bonds. The van der Waals surface area contributed by atoms with Crippen molar-refractivity contribution in [3.05, 3.63) is 28.8 Å². The summed E-state index contributed by atoms with van der Waals surface area (Å²) in [6.45, 7) is 4.15. The van der Waals surface area contributed by atoms with Gasteiger partial charge in [-0.2, -0.15) is 0 Å². The van der Waals surface area contributed by atoms with Gasteiger partial charge in [0.05, 0.1) is 0 Å².